The van der Waals surface area contributed by atoms with Crippen molar-refractivity contribution in [2.24, 2.45) is 0 Å². The van der Waals surface area contributed by atoms with Crippen molar-refractivity contribution in [1.82, 2.24) is 0 Å². The van der Waals surface area contributed by atoms with Crippen LogP contribution in [0.5, 0.6) is 0 Å². The summed E-state index contributed by atoms with van der Waals surface area (Å²) in [6.07, 6.45) is 0. The van der Waals surface area contributed by atoms with Crippen molar-refractivity contribution in [1.29, 1.82) is 0 Å². The highest BCUT2D eigenvalue weighted by Gasteiger charge is 2.56. The van der Waals surface area contributed by atoms with Crippen molar-refractivity contribution in [3.8, 4) is 22.3 Å². The summed E-state index contributed by atoms with van der Waals surface area (Å²) >= 11 is 0. The zero-order chi connectivity index (χ0) is 31.8. The maximum absolute atomic E-state index is 12.1. The van der Waals surface area contributed by atoms with Crippen molar-refractivity contribution in [3.63, 3.8) is 0 Å². The van der Waals surface area contributed by atoms with E-state index >= 15 is 0 Å². The first-order chi connectivity index (χ1) is 19.5. The van der Waals surface area contributed by atoms with Gasteiger partial charge in [0.05, 0.1) is 44.9 Å². The predicted molar refractivity (Wildman–Crippen MR) is 131 cm³/mol. The van der Waals surface area contributed by atoms with Gasteiger partial charge in [-0.2, -0.15) is 0 Å². The molecule has 42 heavy (non-hydrogen) atoms. The minimum atomic E-state index is -2.32. The molecular weight excluding hydrogens is 584 g/mol. The van der Waals surface area contributed by atoms with E-state index in [1.165, 1.54) is 6.07 Å². The normalized spacial score (nSPS) is 10.5. The Hall–Kier alpha value is -7.14. The highest BCUT2D eigenvalue weighted by atomic mass is 16.7. The fourth-order valence-electron chi connectivity index (χ4n) is 4.05. The lowest BCUT2D eigenvalue weighted by Gasteiger charge is -2.12. The second kappa shape index (κ2) is 10.6. The summed E-state index contributed by atoms with van der Waals surface area (Å²) in [5, 5.41) is 95.2. The molecule has 0 aliphatic carbocycles. The summed E-state index contributed by atoms with van der Waals surface area (Å²) in [7, 11) is 0. The number of nitro benzene ring substituents is 8. The minimum Gasteiger partial charge on any atom is -0.258 e. The first-order valence-corrected chi connectivity index (χ1v) is 10.2. The molecule has 0 atom stereocenters. The van der Waals surface area contributed by atoms with E-state index in [-0.39, 0.29) is 6.07 Å². The van der Waals surface area contributed by atoms with Gasteiger partial charge in [0, 0.05) is 11.6 Å². The second-order valence-corrected chi connectivity index (χ2v) is 7.56. The van der Waals surface area contributed by atoms with E-state index in [2.05, 4.69) is 0 Å². The van der Waals surface area contributed by atoms with Crippen LogP contribution in [0.15, 0.2) is 36.4 Å². The number of hydrogen-bond donors (Lipinski definition) is 0. The minimum absolute atomic E-state index is 0.0257. The Labute approximate surface area is 225 Å². The predicted octanol–water partition coefficient (Wildman–Crippen LogP) is 4.29. The Morgan fingerprint density at radius 2 is 0.714 bits per heavy atom. The van der Waals surface area contributed by atoms with Crippen LogP contribution in [0.1, 0.15) is 0 Å². The first kappa shape index (κ1) is 29.4. The van der Waals surface area contributed by atoms with Gasteiger partial charge in [0.2, 0.25) is 0 Å². The van der Waals surface area contributed by atoms with Crippen LogP contribution in [0, 0.1) is 80.9 Å². The summed E-state index contributed by atoms with van der Waals surface area (Å²) in [5.41, 5.74) is -21.8. The largest absolute Gasteiger partial charge is 0.437 e. The van der Waals surface area contributed by atoms with Crippen LogP contribution in [0.2, 0.25) is 0 Å². The van der Waals surface area contributed by atoms with Crippen LogP contribution in [0.25, 0.3) is 22.3 Å². The monoisotopic (exact) mass is 590 g/mol. The van der Waals surface area contributed by atoms with Crippen LogP contribution in [0.3, 0.4) is 0 Å². The van der Waals surface area contributed by atoms with Crippen molar-refractivity contribution >= 4 is 45.5 Å². The van der Waals surface area contributed by atoms with Crippen molar-refractivity contribution in [3.05, 3.63) is 117 Å². The van der Waals surface area contributed by atoms with Gasteiger partial charge in [0.25, 0.3) is 0 Å². The fourth-order valence-corrected chi connectivity index (χ4v) is 4.05. The summed E-state index contributed by atoms with van der Waals surface area (Å²) < 4.78 is 0. The molecule has 0 aliphatic heterocycles. The average molecular weight is 590 g/mol. The topological polar surface area (TPSA) is 345 Å². The molecule has 3 aromatic carbocycles. The van der Waals surface area contributed by atoms with Gasteiger partial charge in [0.1, 0.15) is 0 Å². The van der Waals surface area contributed by atoms with Crippen LogP contribution < -0.4 is 0 Å². The molecule has 24 heteroatoms. The third-order valence-electron chi connectivity index (χ3n) is 5.43. The fraction of sp³-hybridized carbons (Fsp3) is 0. The van der Waals surface area contributed by atoms with Crippen molar-refractivity contribution < 1.29 is 39.4 Å². The molecule has 0 aromatic heterocycles. The summed E-state index contributed by atoms with van der Waals surface area (Å²) in [4.78, 5) is 81.2. The molecule has 3 rings (SSSR count). The van der Waals surface area contributed by atoms with Gasteiger partial charge in [-0.1, -0.05) is 30.3 Å². The van der Waals surface area contributed by atoms with E-state index in [4.69, 9.17) is 0 Å². The van der Waals surface area contributed by atoms with Gasteiger partial charge in [-0.25, -0.2) is 0 Å². The standard InChI is InChI=1S/C18H6N8O16/c27-19(28)9-6-8(10(7-4-2-1-3-5-7)13(21(31)32)12(9)20(29)30)11-14(22(33)34)16(24(37)38)18(26(41)42)17(25(39)40)15(11)23(35)36/h1-6H. The van der Waals surface area contributed by atoms with E-state index in [0.717, 1.165) is 24.3 Å². The van der Waals surface area contributed by atoms with E-state index in [1.807, 2.05) is 0 Å². The van der Waals surface area contributed by atoms with Crippen molar-refractivity contribution in [2.75, 3.05) is 0 Å². The lowest BCUT2D eigenvalue weighted by atomic mass is 9.88. The SMILES string of the molecule is O=[N+]([O-])c1cc(-c2c([N+](=O)[O-])c([N+](=O)[O-])c([N+](=O)[O-])c([N+](=O)[O-])c2[N+](=O)[O-])c(-c2ccccc2)c([N+](=O)[O-])c1[N+](=O)[O-]. The third kappa shape index (κ3) is 4.63. The van der Waals surface area contributed by atoms with E-state index < -0.39 is 107 Å². The van der Waals surface area contributed by atoms with Crippen LogP contribution >= 0.6 is 0 Å². The highest BCUT2D eigenvalue weighted by molar-refractivity contribution is 6.05. The third-order valence-corrected chi connectivity index (χ3v) is 5.43. The molecule has 0 N–H and O–H groups in total. The lowest BCUT2D eigenvalue weighted by molar-refractivity contribution is -0.459. The quantitative estimate of drug-likeness (QED) is 0.234. The Kier molecular flexibility index (Phi) is 7.39. The molecular formula is C18H6N8O16. The summed E-state index contributed by atoms with van der Waals surface area (Å²) in [5.74, 6) is 0. The smallest absolute Gasteiger partial charge is 0.258 e. The Morgan fingerprint density at radius 3 is 1.05 bits per heavy atom. The molecule has 0 unspecified atom stereocenters. The molecule has 0 radical (unpaired) electrons. The maximum atomic E-state index is 12.1. The van der Waals surface area contributed by atoms with E-state index in [9.17, 15) is 80.9 Å². The molecule has 214 valence electrons. The number of hydrogen-bond acceptors (Lipinski definition) is 16. The van der Waals surface area contributed by atoms with Crippen molar-refractivity contribution in [2.45, 2.75) is 0 Å². The number of nitrogens with zero attached hydrogens (tertiary/aromatic N) is 8. The molecule has 24 nitrogen and oxygen atoms in total. The Morgan fingerprint density at radius 1 is 0.381 bits per heavy atom. The lowest BCUT2D eigenvalue weighted by Crippen LogP contribution is -2.11. The summed E-state index contributed by atoms with van der Waals surface area (Å²) in [6.45, 7) is 0. The number of rotatable bonds is 10. The number of benzene rings is 3. The number of nitro groups is 8. The zero-order valence-corrected chi connectivity index (χ0v) is 19.6. The molecule has 3 aromatic rings. The van der Waals surface area contributed by atoms with Gasteiger partial charge >= 0.3 is 45.5 Å². The van der Waals surface area contributed by atoms with Gasteiger partial charge in [-0.05, 0) is 5.56 Å². The Balaban J connectivity index is 2.99. The molecule has 0 heterocycles. The molecule has 0 aliphatic rings. The first-order valence-electron chi connectivity index (χ1n) is 10.2. The van der Waals surface area contributed by atoms with Crippen LogP contribution in [-0.4, -0.2) is 39.4 Å². The maximum Gasteiger partial charge on any atom is 0.437 e. The second-order valence-electron chi connectivity index (χ2n) is 7.56. The van der Waals surface area contributed by atoms with Crippen LogP contribution in [-0.2, 0) is 0 Å². The van der Waals surface area contributed by atoms with Gasteiger partial charge in [-0.3, -0.25) is 80.9 Å². The van der Waals surface area contributed by atoms with Gasteiger partial charge in [-0.15, -0.1) is 0 Å². The van der Waals surface area contributed by atoms with Gasteiger partial charge < -0.3 is 0 Å². The van der Waals surface area contributed by atoms with Gasteiger partial charge in [0.15, 0.2) is 5.56 Å². The van der Waals surface area contributed by atoms with Crippen LogP contribution in [0.4, 0.5) is 45.5 Å². The van der Waals surface area contributed by atoms with E-state index in [1.54, 1.807) is 0 Å². The molecule has 0 amide bonds. The Bertz CT molecular complexity index is 1750. The average Bonchev–Trinajstić information content (AvgIpc) is 2.89. The van der Waals surface area contributed by atoms with E-state index in [0.29, 0.717) is 0 Å². The molecule has 0 saturated heterocycles. The molecule has 0 spiro atoms. The molecule has 0 bridgehead atoms. The molecule has 0 saturated carbocycles. The molecule has 0 fully saturated rings. The summed E-state index contributed by atoms with van der Waals surface area (Å²) in [6, 6.07) is 5.38. The highest BCUT2D eigenvalue weighted by Crippen LogP contribution is 2.59. The zero-order valence-electron chi connectivity index (χ0n) is 19.6.